The summed E-state index contributed by atoms with van der Waals surface area (Å²) in [6.45, 7) is 4.24. The number of rotatable bonds is 3. The van der Waals surface area contributed by atoms with E-state index in [0.29, 0.717) is 11.7 Å². The highest BCUT2D eigenvalue weighted by Crippen LogP contribution is 2.30. The lowest BCUT2D eigenvalue weighted by atomic mass is 10.0. The maximum absolute atomic E-state index is 14.1. The lowest BCUT2D eigenvalue weighted by Gasteiger charge is -2.13. The van der Waals surface area contributed by atoms with Gasteiger partial charge in [-0.3, -0.25) is 4.57 Å². The van der Waals surface area contributed by atoms with Gasteiger partial charge in [0.25, 0.3) is 0 Å². The predicted octanol–water partition coefficient (Wildman–Crippen LogP) is 5.70. The molecule has 0 radical (unpaired) electrons. The van der Waals surface area contributed by atoms with E-state index in [0.717, 1.165) is 16.2 Å². The Morgan fingerprint density at radius 3 is 2.52 bits per heavy atom. The molecule has 0 atom stereocenters. The van der Waals surface area contributed by atoms with Crippen LogP contribution < -0.4 is 0 Å². The lowest BCUT2D eigenvalue weighted by molar-refractivity contribution is 0.584. The number of benzene rings is 2. The monoisotopic (exact) mass is 376 g/mol. The highest BCUT2D eigenvalue weighted by Gasteiger charge is 2.14. The molecule has 5 heteroatoms. The molecule has 0 amide bonds. The van der Waals surface area contributed by atoms with Crippen LogP contribution in [0.2, 0.25) is 0 Å². The Morgan fingerprint density at radius 2 is 1.87 bits per heavy atom. The van der Waals surface area contributed by atoms with Gasteiger partial charge < -0.3 is 0 Å². The summed E-state index contributed by atoms with van der Waals surface area (Å²) >= 11 is 3.58. The van der Waals surface area contributed by atoms with E-state index >= 15 is 0 Å². The Hall–Kier alpha value is -2.01. The smallest absolute Gasteiger partial charge is 0.147 e. The predicted molar refractivity (Wildman–Crippen MR) is 90.7 cm³/mol. The molecule has 0 saturated carbocycles. The van der Waals surface area contributed by atoms with Gasteiger partial charge in [0, 0.05) is 28.6 Å². The van der Waals surface area contributed by atoms with Crippen LogP contribution in [0.4, 0.5) is 8.78 Å². The van der Waals surface area contributed by atoms with Crippen LogP contribution in [-0.2, 0) is 0 Å². The van der Waals surface area contributed by atoms with E-state index < -0.39 is 11.6 Å². The molecule has 0 saturated heterocycles. The molecule has 0 bridgehead atoms. The van der Waals surface area contributed by atoms with E-state index in [4.69, 9.17) is 0 Å². The van der Waals surface area contributed by atoms with Crippen molar-refractivity contribution in [2.75, 3.05) is 0 Å². The van der Waals surface area contributed by atoms with Crippen molar-refractivity contribution in [1.29, 1.82) is 0 Å². The molecule has 0 aliphatic rings. The first kappa shape index (κ1) is 15.9. The molecule has 1 aromatic heterocycles. The molecule has 0 fully saturated rings. The molecule has 2 aromatic carbocycles. The molecule has 0 aliphatic heterocycles. The first-order valence-corrected chi connectivity index (χ1v) is 8.05. The molecule has 0 unspecified atom stereocenters. The van der Waals surface area contributed by atoms with Crippen LogP contribution in [0.3, 0.4) is 0 Å². The van der Waals surface area contributed by atoms with Gasteiger partial charge in [0.2, 0.25) is 0 Å². The normalized spacial score (nSPS) is 11.2. The van der Waals surface area contributed by atoms with Gasteiger partial charge in [-0.25, -0.2) is 13.8 Å². The second-order valence-electron chi connectivity index (χ2n) is 5.61. The molecule has 3 rings (SSSR count). The fourth-order valence-electron chi connectivity index (χ4n) is 2.52. The number of hydrogen-bond acceptors (Lipinski definition) is 1. The van der Waals surface area contributed by atoms with Crippen LogP contribution in [0.1, 0.15) is 25.3 Å². The van der Waals surface area contributed by atoms with E-state index in [2.05, 4.69) is 34.8 Å². The minimum absolute atomic E-state index is 0.264. The first-order valence-electron chi connectivity index (χ1n) is 7.26. The third-order valence-corrected chi connectivity index (χ3v) is 4.38. The van der Waals surface area contributed by atoms with Crippen LogP contribution in [0.5, 0.6) is 0 Å². The zero-order valence-electron chi connectivity index (χ0n) is 12.7. The Bertz CT molecular complexity index is 856. The molecule has 3 aromatic rings. The molecule has 23 heavy (non-hydrogen) atoms. The van der Waals surface area contributed by atoms with Gasteiger partial charge >= 0.3 is 0 Å². The zero-order chi connectivity index (χ0) is 16.6. The highest BCUT2D eigenvalue weighted by molar-refractivity contribution is 9.10. The Kier molecular flexibility index (Phi) is 4.31. The number of imidazole rings is 1. The number of hydrogen-bond donors (Lipinski definition) is 0. The molecule has 2 nitrogen and oxygen atoms in total. The van der Waals surface area contributed by atoms with Gasteiger partial charge in [-0.1, -0.05) is 35.8 Å². The van der Waals surface area contributed by atoms with Crippen molar-refractivity contribution in [2.24, 2.45) is 0 Å². The quantitative estimate of drug-likeness (QED) is 0.572. The summed E-state index contributed by atoms with van der Waals surface area (Å²) in [6.07, 6.45) is 3.36. The second kappa shape index (κ2) is 6.24. The highest BCUT2D eigenvalue weighted by atomic mass is 79.9. The third-order valence-electron chi connectivity index (χ3n) is 3.70. The van der Waals surface area contributed by atoms with Crippen LogP contribution in [0, 0.1) is 11.6 Å². The van der Waals surface area contributed by atoms with Crippen molar-refractivity contribution in [3.05, 3.63) is 70.5 Å². The molecule has 1 heterocycles. The first-order chi connectivity index (χ1) is 11.0. The van der Waals surface area contributed by atoms with E-state index in [1.54, 1.807) is 17.0 Å². The fourth-order valence-corrected chi connectivity index (χ4v) is 3.34. The number of nitrogens with zero attached hydrogens (tertiary/aromatic N) is 2. The summed E-state index contributed by atoms with van der Waals surface area (Å²) in [5, 5.41) is 0. The molecule has 0 N–H and O–H groups in total. The van der Waals surface area contributed by atoms with Crippen molar-refractivity contribution < 1.29 is 8.78 Å². The summed E-state index contributed by atoms with van der Waals surface area (Å²) in [6, 6.07) is 9.48. The largest absolute Gasteiger partial charge is 0.300 e. The molecule has 0 aliphatic carbocycles. The Morgan fingerprint density at radius 1 is 1.09 bits per heavy atom. The van der Waals surface area contributed by atoms with Gasteiger partial charge in [0.05, 0.1) is 5.56 Å². The number of halogens is 3. The summed E-state index contributed by atoms with van der Waals surface area (Å²) < 4.78 is 29.9. The van der Waals surface area contributed by atoms with Gasteiger partial charge in [0.1, 0.15) is 17.5 Å². The summed E-state index contributed by atoms with van der Waals surface area (Å²) in [4.78, 5) is 4.23. The van der Waals surface area contributed by atoms with Crippen LogP contribution in [0.25, 0.3) is 17.1 Å². The molecular formula is C18H15BrF2N2. The summed E-state index contributed by atoms with van der Waals surface area (Å²) in [5.74, 6) is -0.398. The van der Waals surface area contributed by atoms with Gasteiger partial charge in [0.15, 0.2) is 0 Å². The minimum Gasteiger partial charge on any atom is -0.300 e. The van der Waals surface area contributed by atoms with Crippen molar-refractivity contribution in [3.63, 3.8) is 0 Å². The van der Waals surface area contributed by atoms with Crippen LogP contribution in [0.15, 0.2) is 53.3 Å². The average Bonchev–Trinajstić information content (AvgIpc) is 2.95. The van der Waals surface area contributed by atoms with Crippen molar-refractivity contribution in [1.82, 2.24) is 9.55 Å². The average molecular weight is 377 g/mol. The van der Waals surface area contributed by atoms with Crippen LogP contribution in [-0.4, -0.2) is 9.55 Å². The zero-order valence-corrected chi connectivity index (χ0v) is 14.3. The van der Waals surface area contributed by atoms with Gasteiger partial charge in [-0.05, 0) is 35.7 Å². The molecule has 118 valence electrons. The maximum Gasteiger partial charge on any atom is 0.147 e. The van der Waals surface area contributed by atoms with E-state index in [1.807, 2.05) is 18.2 Å². The maximum atomic E-state index is 14.1. The SMILES string of the molecule is CC(C)c1ccc(-n2ccnc2-c2ccc(F)cc2F)cc1Br. The number of aromatic nitrogens is 2. The lowest BCUT2D eigenvalue weighted by Crippen LogP contribution is -2.00. The van der Waals surface area contributed by atoms with E-state index in [9.17, 15) is 8.78 Å². The second-order valence-corrected chi connectivity index (χ2v) is 6.46. The van der Waals surface area contributed by atoms with E-state index in [-0.39, 0.29) is 5.56 Å². The topological polar surface area (TPSA) is 17.8 Å². The Balaban J connectivity index is 2.09. The summed E-state index contributed by atoms with van der Waals surface area (Å²) in [5.41, 5.74) is 2.32. The standard InChI is InChI=1S/C18H15BrF2N2/c1-11(2)14-6-4-13(10-16(14)19)23-8-7-22-18(23)15-5-3-12(20)9-17(15)21/h3-11H,1-2H3. The van der Waals surface area contributed by atoms with Crippen molar-refractivity contribution in [3.8, 4) is 17.1 Å². The van der Waals surface area contributed by atoms with Gasteiger partial charge in [-0.2, -0.15) is 0 Å². The Labute approximate surface area is 141 Å². The molecule has 0 spiro atoms. The fraction of sp³-hybridized carbons (Fsp3) is 0.167. The van der Waals surface area contributed by atoms with Gasteiger partial charge in [-0.15, -0.1) is 0 Å². The third kappa shape index (κ3) is 3.06. The molecular weight excluding hydrogens is 362 g/mol. The minimum atomic E-state index is -0.629. The van der Waals surface area contributed by atoms with E-state index in [1.165, 1.54) is 17.7 Å². The van der Waals surface area contributed by atoms with Crippen molar-refractivity contribution in [2.45, 2.75) is 19.8 Å². The van der Waals surface area contributed by atoms with Crippen LogP contribution >= 0.6 is 15.9 Å². The summed E-state index contributed by atoms with van der Waals surface area (Å²) in [7, 11) is 0. The van der Waals surface area contributed by atoms with Crippen molar-refractivity contribution >= 4 is 15.9 Å².